The van der Waals surface area contributed by atoms with Crippen LogP contribution in [0.2, 0.25) is 18.6 Å². The molecule has 5 atom stereocenters. The summed E-state index contributed by atoms with van der Waals surface area (Å²) in [6.45, 7) is 7.63. The highest BCUT2D eigenvalue weighted by Gasteiger charge is 2.66. The van der Waals surface area contributed by atoms with Gasteiger partial charge in [0.15, 0.2) is 13.9 Å². The van der Waals surface area contributed by atoms with Crippen LogP contribution in [0.15, 0.2) is 46.9 Å². The Kier molecular flexibility index (Phi) is 8.07. The minimum Gasteiger partial charge on any atom is -0.432 e. The van der Waals surface area contributed by atoms with E-state index >= 15 is 0 Å². The van der Waals surface area contributed by atoms with Gasteiger partial charge in [-0.05, 0) is 74.8 Å². The van der Waals surface area contributed by atoms with Crippen LogP contribution in [0.3, 0.4) is 0 Å². The smallest absolute Gasteiger partial charge is 0.264 e. The number of rotatable bonds is 7. The predicted molar refractivity (Wildman–Crippen MR) is 157 cm³/mol. The standard InChI is InChI=1S/C29H38BrN3O5Si/c1-18-26(39(2,3)37)25(11-13-34)38-29(18)23-15-21(30)9-10-24(23)33(28(29)36)17-19-6-4-8-22(14-19)32-27(35)20-7-5-12-31-16-20/h4,6,8-10,14-15,18,20,25-26,31,34,37H,5,7,11-13,16-17H2,1-3H3,(H,32,35)/t18-,20?,25+,26-,29+/m0/s1. The van der Waals surface area contributed by atoms with Crippen LogP contribution < -0.4 is 15.5 Å². The summed E-state index contributed by atoms with van der Waals surface area (Å²) in [5.41, 5.74) is 1.71. The lowest BCUT2D eigenvalue weighted by molar-refractivity contribution is -0.146. The number of anilines is 2. The van der Waals surface area contributed by atoms with E-state index < -0.39 is 20.0 Å². The Morgan fingerprint density at radius 3 is 2.77 bits per heavy atom. The number of nitrogens with zero attached hydrogens (tertiary/aromatic N) is 1. The van der Waals surface area contributed by atoms with Crippen molar-refractivity contribution in [2.75, 3.05) is 29.9 Å². The van der Waals surface area contributed by atoms with Gasteiger partial charge in [0.1, 0.15) is 0 Å². The van der Waals surface area contributed by atoms with Gasteiger partial charge in [0.05, 0.1) is 24.3 Å². The highest BCUT2D eigenvalue weighted by molar-refractivity contribution is 9.10. The van der Waals surface area contributed by atoms with Crippen molar-refractivity contribution in [2.24, 2.45) is 11.8 Å². The largest absolute Gasteiger partial charge is 0.432 e. The van der Waals surface area contributed by atoms with Gasteiger partial charge in [-0.15, -0.1) is 0 Å². The molecule has 3 aliphatic heterocycles. The van der Waals surface area contributed by atoms with E-state index in [0.717, 1.165) is 40.7 Å². The van der Waals surface area contributed by atoms with E-state index in [2.05, 4.69) is 26.6 Å². The second-order valence-electron chi connectivity index (χ2n) is 11.7. The lowest BCUT2D eigenvalue weighted by atomic mass is 9.82. The van der Waals surface area contributed by atoms with E-state index in [1.807, 2.05) is 62.5 Å². The van der Waals surface area contributed by atoms with Crippen LogP contribution in [0.25, 0.3) is 0 Å². The first kappa shape index (κ1) is 28.4. The number of piperidine rings is 1. The number of halogens is 1. The average molecular weight is 617 g/mol. The summed E-state index contributed by atoms with van der Waals surface area (Å²) in [5, 5.41) is 16.1. The topological polar surface area (TPSA) is 111 Å². The van der Waals surface area contributed by atoms with E-state index in [9.17, 15) is 19.5 Å². The van der Waals surface area contributed by atoms with E-state index in [1.165, 1.54) is 0 Å². The zero-order chi connectivity index (χ0) is 27.9. The van der Waals surface area contributed by atoms with Gasteiger partial charge in [-0.1, -0.05) is 35.0 Å². The first-order chi connectivity index (χ1) is 18.6. The molecule has 0 aromatic heterocycles. The van der Waals surface area contributed by atoms with Crippen LogP contribution in [0, 0.1) is 11.8 Å². The van der Waals surface area contributed by atoms with Crippen LogP contribution in [0.1, 0.15) is 37.3 Å². The maximum atomic E-state index is 14.4. The minimum absolute atomic E-state index is 0.00989. The molecule has 0 bridgehead atoms. The molecule has 2 aromatic carbocycles. The number of ether oxygens (including phenoxy) is 1. The zero-order valence-electron chi connectivity index (χ0n) is 22.7. The third-order valence-corrected chi connectivity index (χ3v) is 11.6. The zero-order valence-corrected chi connectivity index (χ0v) is 25.3. The summed E-state index contributed by atoms with van der Waals surface area (Å²) in [6, 6.07) is 13.4. The number of aliphatic hydroxyl groups excluding tert-OH is 1. The van der Waals surface area contributed by atoms with Gasteiger partial charge in [0, 0.05) is 40.3 Å². The number of benzene rings is 2. The summed E-state index contributed by atoms with van der Waals surface area (Å²) in [7, 11) is -2.74. The molecular weight excluding hydrogens is 578 g/mol. The normalized spacial score (nSPS) is 28.7. The van der Waals surface area contributed by atoms with E-state index in [4.69, 9.17) is 4.74 Å². The number of amides is 2. The van der Waals surface area contributed by atoms with Crippen molar-refractivity contribution in [2.45, 2.75) is 63.1 Å². The molecule has 210 valence electrons. The molecule has 0 radical (unpaired) electrons. The molecule has 2 amide bonds. The molecule has 3 aliphatic rings. The molecule has 39 heavy (non-hydrogen) atoms. The highest BCUT2D eigenvalue weighted by atomic mass is 79.9. The molecule has 2 saturated heterocycles. The van der Waals surface area contributed by atoms with Gasteiger partial charge in [-0.2, -0.15) is 0 Å². The number of fused-ring (bicyclic) bond motifs is 2. The molecule has 1 spiro atoms. The second kappa shape index (κ2) is 11.1. The summed E-state index contributed by atoms with van der Waals surface area (Å²) >= 11 is 3.58. The monoisotopic (exact) mass is 615 g/mol. The fourth-order valence-electron chi connectivity index (χ4n) is 6.85. The van der Waals surface area contributed by atoms with Gasteiger partial charge in [0.25, 0.3) is 5.91 Å². The molecular formula is C29H38BrN3O5Si. The summed E-state index contributed by atoms with van der Waals surface area (Å²) < 4.78 is 7.49. The highest BCUT2D eigenvalue weighted by Crippen LogP contribution is 2.60. The van der Waals surface area contributed by atoms with Crippen molar-refractivity contribution in [1.82, 2.24) is 5.32 Å². The fraction of sp³-hybridized carbons (Fsp3) is 0.517. The number of aliphatic hydroxyl groups is 1. The fourth-order valence-corrected chi connectivity index (χ4v) is 9.82. The first-order valence-electron chi connectivity index (χ1n) is 13.8. The Morgan fingerprint density at radius 2 is 2.08 bits per heavy atom. The van der Waals surface area contributed by atoms with Crippen molar-refractivity contribution in [3.05, 3.63) is 58.1 Å². The van der Waals surface area contributed by atoms with Gasteiger partial charge in [-0.3, -0.25) is 9.59 Å². The second-order valence-corrected chi connectivity index (χ2v) is 16.5. The molecule has 0 saturated carbocycles. The van der Waals surface area contributed by atoms with Crippen molar-refractivity contribution < 1.29 is 24.2 Å². The molecule has 0 aliphatic carbocycles. The molecule has 2 fully saturated rings. The van der Waals surface area contributed by atoms with E-state index in [1.54, 1.807) is 4.90 Å². The lowest BCUT2D eigenvalue weighted by Gasteiger charge is -2.32. The molecule has 1 unspecified atom stereocenters. The van der Waals surface area contributed by atoms with Gasteiger partial charge < -0.3 is 30.2 Å². The van der Waals surface area contributed by atoms with Crippen LogP contribution in [0.4, 0.5) is 11.4 Å². The van der Waals surface area contributed by atoms with Gasteiger partial charge in [-0.25, -0.2) is 0 Å². The molecule has 8 nitrogen and oxygen atoms in total. The molecule has 10 heteroatoms. The number of hydrogen-bond donors (Lipinski definition) is 4. The van der Waals surface area contributed by atoms with Gasteiger partial charge >= 0.3 is 0 Å². The SMILES string of the molecule is C[C@H]1[C@H]([Si](C)(C)O)[C@@H](CCO)O[C@]12C(=O)N(Cc1cccc(NC(=O)C3CCCNC3)c1)c1ccc(Br)cc12. The Hall–Kier alpha value is -2.08. The average Bonchev–Trinajstić information content (AvgIpc) is 3.31. The van der Waals surface area contributed by atoms with E-state index in [0.29, 0.717) is 25.2 Å². The third kappa shape index (κ3) is 5.23. The number of carbonyl (C=O) groups is 2. The number of carbonyl (C=O) groups excluding carboxylic acids is 2. The number of nitrogens with one attached hydrogen (secondary N) is 2. The summed E-state index contributed by atoms with van der Waals surface area (Å²) in [6.07, 6.45) is 1.81. The van der Waals surface area contributed by atoms with Crippen molar-refractivity contribution in [3.63, 3.8) is 0 Å². The van der Waals surface area contributed by atoms with Crippen molar-refractivity contribution >= 4 is 47.4 Å². The van der Waals surface area contributed by atoms with Crippen LogP contribution >= 0.6 is 15.9 Å². The Bertz CT molecular complexity index is 1250. The summed E-state index contributed by atoms with van der Waals surface area (Å²) in [4.78, 5) is 40.2. The Morgan fingerprint density at radius 1 is 1.28 bits per heavy atom. The Balaban J connectivity index is 1.45. The maximum absolute atomic E-state index is 14.4. The first-order valence-corrected chi connectivity index (χ1v) is 17.6. The minimum atomic E-state index is -2.74. The molecule has 5 rings (SSSR count). The van der Waals surface area contributed by atoms with Crippen molar-refractivity contribution in [3.8, 4) is 0 Å². The molecule has 4 N–H and O–H groups in total. The third-order valence-electron chi connectivity index (χ3n) is 8.56. The Labute approximate surface area is 239 Å². The maximum Gasteiger partial charge on any atom is 0.264 e. The lowest BCUT2D eigenvalue weighted by Crippen LogP contribution is -2.46. The quantitative estimate of drug-likeness (QED) is 0.349. The predicted octanol–water partition coefficient (Wildman–Crippen LogP) is 4.11. The molecule has 3 heterocycles. The van der Waals surface area contributed by atoms with Crippen LogP contribution in [-0.2, 0) is 26.5 Å². The molecule has 2 aromatic rings. The van der Waals surface area contributed by atoms with Crippen molar-refractivity contribution in [1.29, 1.82) is 0 Å². The van der Waals surface area contributed by atoms with Gasteiger partial charge in [0.2, 0.25) is 5.91 Å². The number of hydrogen-bond acceptors (Lipinski definition) is 6. The van der Waals surface area contributed by atoms with Crippen LogP contribution in [-0.4, -0.2) is 55.8 Å². The van der Waals surface area contributed by atoms with Crippen LogP contribution in [0.5, 0.6) is 0 Å². The van der Waals surface area contributed by atoms with E-state index in [-0.39, 0.29) is 35.8 Å². The summed E-state index contributed by atoms with van der Waals surface area (Å²) in [5.74, 6) is -0.473.